The van der Waals surface area contributed by atoms with E-state index in [0.717, 1.165) is 5.69 Å². The van der Waals surface area contributed by atoms with Crippen LogP contribution in [0.5, 0.6) is 0 Å². The monoisotopic (exact) mass is 489 g/mol. The van der Waals surface area contributed by atoms with E-state index in [1.165, 1.54) is 11.1 Å². The van der Waals surface area contributed by atoms with Crippen LogP contribution < -0.4 is 0 Å². The molecule has 0 unspecified atom stereocenters. The van der Waals surface area contributed by atoms with Crippen molar-refractivity contribution in [1.82, 2.24) is 25.1 Å². The van der Waals surface area contributed by atoms with Crippen molar-refractivity contribution in [3.05, 3.63) is 102 Å². The van der Waals surface area contributed by atoms with Crippen LogP contribution in [0, 0.1) is 6.92 Å². The molecule has 4 rings (SSSR count). The van der Waals surface area contributed by atoms with Gasteiger partial charge < -0.3 is 4.52 Å². The Morgan fingerprint density at radius 1 is 0.611 bits per heavy atom. The maximum absolute atomic E-state index is 4.86. The van der Waals surface area contributed by atoms with E-state index < -0.39 is 0 Å². The first-order valence-corrected chi connectivity index (χ1v) is 12.6. The summed E-state index contributed by atoms with van der Waals surface area (Å²) in [6, 6.07) is 14.2. The van der Waals surface area contributed by atoms with E-state index in [1.54, 1.807) is 6.20 Å². The van der Waals surface area contributed by atoms with Gasteiger partial charge in [0.15, 0.2) is 5.82 Å². The molecule has 0 saturated heterocycles. The molecule has 4 heterocycles. The summed E-state index contributed by atoms with van der Waals surface area (Å²) in [4.78, 5) is 16.1. The highest BCUT2D eigenvalue weighted by atomic mass is 16.5. The minimum absolute atomic E-state index is 0.339. The number of hydrogen-bond donors (Lipinski definition) is 0. The first kappa shape index (κ1) is 30.6. The number of hydrogen-bond acceptors (Lipinski definition) is 6. The second kappa shape index (κ2) is 17.1. The molecule has 0 atom stereocenters. The van der Waals surface area contributed by atoms with Gasteiger partial charge in [0.25, 0.3) is 0 Å². The van der Waals surface area contributed by atoms with Gasteiger partial charge in [-0.25, -0.2) is 0 Å². The second-order valence-corrected chi connectivity index (χ2v) is 9.62. The molecule has 0 aliphatic rings. The lowest BCUT2D eigenvalue weighted by molar-refractivity contribution is 0.362. The highest BCUT2D eigenvalue weighted by molar-refractivity contribution is 5.13. The summed E-state index contributed by atoms with van der Waals surface area (Å²) < 4.78 is 4.86. The first-order valence-electron chi connectivity index (χ1n) is 12.6. The highest BCUT2D eigenvalue weighted by Gasteiger charge is 2.05. The Balaban J connectivity index is 0.000000240. The summed E-state index contributed by atoms with van der Waals surface area (Å²) in [6.45, 7) is 18.8. The van der Waals surface area contributed by atoms with Crippen LogP contribution in [0.25, 0.3) is 0 Å². The van der Waals surface area contributed by atoms with Gasteiger partial charge in [-0.1, -0.05) is 72.7 Å². The average Bonchev–Trinajstić information content (AvgIpc) is 3.33. The number of aryl methyl sites for hydroxylation is 1. The summed E-state index contributed by atoms with van der Waals surface area (Å²) in [6.07, 6.45) is 9.19. The van der Waals surface area contributed by atoms with Gasteiger partial charge in [0.1, 0.15) is 0 Å². The van der Waals surface area contributed by atoms with Gasteiger partial charge in [-0.2, -0.15) is 4.98 Å². The molecule has 0 bridgehead atoms. The van der Waals surface area contributed by atoms with Gasteiger partial charge in [-0.15, -0.1) is 0 Å². The molecule has 0 aliphatic heterocycles. The lowest BCUT2D eigenvalue weighted by Crippen LogP contribution is -1.88. The topological polar surface area (TPSA) is 77.6 Å². The van der Waals surface area contributed by atoms with Crippen LogP contribution in [0.2, 0.25) is 0 Å². The number of pyridine rings is 3. The molecule has 36 heavy (non-hydrogen) atoms. The van der Waals surface area contributed by atoms with E-state index in [2.05, 4.69) is 72.7 Å². The van der Waals surface area contributed by atoms with Crippen LogP contribution in [-0.2, 0) is 0 Å². The van der Waals surface area contributed by atoms with E-state index in [-0.39, 0.29) is 0 Å². The van der Waals surface area contributed by atoms with Crippen LogP contribution >= 0.6 is 0 Å². The number of aromatic nitrogens is 5. The molecule has 0 aromatic carbocycles. The van der Waals surface area contributed by atoms with Crippen LogP contribution in [0.4, 0.5) is 0 Å². The third-order valence-electron chi connectivity index (χ3n) is 5.04. The summed E-state index contributed by atoms with van der Waals surface area (Å²) in [5.74, 6) is 3.52. The van der Waals surface area contributed by atoms with Crippen LogP contribution in [0.3, 0.4) is 0 Å². The molecule has 0 N–H and O–H groups in total. The van der Waals surface area contributed by atoms with Crippen molar-refractivity contribution in [2.45, 2.75) is 86.0 Å². The lowest BCUT2D eigenvalue weighted by atomic mass is 10.1. The zero-order chi connectivity index (χ0) is 26.9. The van der Waals surface area contributed by atoms with Crippen LogP contribution in [-0.4, -0.2) is 25.1 Å². The Hall–Kier alpha value is -3.41. The van der Waals surface area contributed by atoms with E-state index >= 15 is 0 Å². The van der Waals surface area contributed by atoms with Crippen molar-refractivity contribution in [3.63, 3.8) is 0 Å². The summed E-state index contributed by atoms with van der Waals surface area (Å²) in [7, 11) is 0. The predicted molar refractivity (Wildman–Crippen MR) is 148 cm³/mol. The van der Waals surface area contributed by atoms with Crippen LogP contribution in [0.1, 0.15) is 108 Å². The maximum atomic E-state index is 4.86. The zero-order valence-electron chi connectivity index (χ0n) is 23.4. The Bertz CT molecular complexity index is 943. The summed E-state index contributed by atoms with van der Waals surface area (Å²) >= 11 is 0. The van der Waals surface area contributed by atoms with Crippen molar-refractivity contribution >= 4 is 0 Å². The fourth-order valence-corrected chi connectivity index (χ4v) is 2.73. The second-order valence-electron chi connectivity index (χ2n) is 9.62. The van der Waals surface area contributed by atoms with Crippen molar-refractivity contribution in [2.24, 2.45) is 0 Å². The Morgan fingerprint density at radius 2 is 1.28 bits per heavy atom. The third-order valence-corrected chi connectivity index (χ3v) is 5.04. The van der Waals surface area contributed by atoms with Crippen molar-refractivity contribution in [2.75, 3.05) is 0 Å². The van der Waals surface area contributed by atoms with Crippen molar-refractivity contribution < 1.29 is 4.52 Å². The summed E-state index contributed by atoms with van der Waals surface area (Å²) in [5.41, 5.74) is 3.82. The minimum Gasteiger partial charge on any atom is -0.339 e. The molecule has 0 amide bonds. The van der Waals surface area contributed by atoms with Gasteiger partial charge in [0.2, 0.25) is 5.89 Å². The highest BCUT2D eigenvalue weighted by Crippen LogP contribution is 2.12. The molecule has 0 aliphatic carbocycles. The largest absolute Gasteiger partial charge is 0.339 e. The quantitative estimate of drug-likeness (QED) is 0.288. The summed E-state index contributed by atoms with van der Waals surface area (Å²) in [5, 5.41) is 3.65. The molecule has 0 spiro atoms. The van der Waals surface area contributed by atoms with Gasteiger partial charge >= 0.3 is 0 Å². The Labute approximate surface area is 217 Å². The number of rotatable bonds is 4. The molecule has 0 fully saturated rings. The van der Waals surface area contributed by atoms with Crippen LogP contribution in [0.15, 0.2) is 78.0 Å². The van der Waals surface area contributed by atoms with Gasteiger partial charge in [-0.3, -0.25) is 15.0 Å². The molecule has 4 aromatic rings. The van der Waals surface area contributed by atoms with E-state index in [0.29, 0.717) is 35.4 Å². The average molecular weight is 490 g/mol. The molecule has 4 aromatic heterocycles. The fraction of sp³-hybridized carbons (Fsp3) is 0.433. The van der Waals surface area contributed by atoms with E-state index in [4.69, 9.17) is 4.52 Å². The molecule has 6 nitrogen and oxygen atoms in total. The van der Waals surface area contributed by atoms with E-state index in [9.17, 15) is 0 Å². The maximum Gasteiger partial charge on any atom is 0.229 e. The smallest absolute Gasteiger partial charge is 0.229 e. The SMILES string of the molecule is CC(C)c1ccccn1.CC(C)c1cccnc1.CC(C)c1ccncc1.Cc1noc(C(C)C)n1. The van der Waals surface area contributed by atoms with Gasteiger partial charge in [0, 0.05) is 42.6 Å². The fourth-order valence-electron chi connectivity index (χ4n) is 2.73. The minimum atomic E-state index is 0.339. The molecular weight excluding hydrogens is 446 g/mol. The third kappa shape index (κ3) is 12.9. The normalized spacial score (nSPS) is 10.2. The van der Waals surface area contributed by atoms with Gasteiger partial charge in [0.05, 0.1) is 0 Å². The number of nitrogens with zero attached hydrogens (tertiary/aromatic N) is 5. The molecule has 0 radical (unpaired) electrons. The molecular formula is C30H43N5O. The Kier molecular flexibility index (Phi) is 14.5. The predicted octanol–water partition coefficient (Wildman–Crippen LogP) is 8.12. The first-order chi connectivity index (χ1) is 17.1. The Morgan fingerprint density at radius 3 is 1.58 bits per heavy atom. The van der Waals surface area contributed by atoms with Crippen molar-refractivity contribution in [1.29, 1.82) is 0 Å². The molecule has 0 saturated carbocycles. The molecule has 6 heteroatoms. The van der Waals surface area contributed by atoms with E-state index in [1.807, 2.05) is 82.0 Å². The lowest BCUT2D eigenvalue weighted by Gasteiger charge is -2.01. The van der Waals surface area contributed by atoms with Gasteiger partial charge in [-0.05, 0) is 66.1 Å². The molecule has 194 valence electrons. The standard InChI is InChI=1S/3C8H11N.C6H10N2O/c1-7(2)8-3-5-9-6-4-8;1-7(2)8-4-3-5-9-6-8;1-7(2)8-5-3-4-6-9-8;1-4(2)6-7-5(3)8-9-6/h3*3-7H,1-2H3;4H,1-3H3. The van der Waals surface area contributed by atoms with Crippen molar-refractivity contribution in [3.8, 4) is 0 Å². The zero-order valence-corrected chi connectivity index (χ0v) is 23.4.